The van der Waals surface area contributed by atoms with Crippen LogP contribution in [0.3, 0.4) is 0 Å². The van der Waals surface area contributed by atoms with Crippen LogP contribution in [0.15, 0.2) is 48.5 Å². The number of para-hydroxylation sites is 1. The number of halogens is 1. The highest BCUT2D eigenvalue weighted by atomic mass is 35.5. The summed E-state index contributed by atoms with van der Waals surface area (Å²) in [6.07, 6.45) is 1.28. The molecule has 1 aliphatic heterocycles. The Labute approximate surface area is 135 Å². The minimum absolute atomic E-state index is 0.0197. The van der Waals surface area contributed by atoms with Gasteiger partial charge in [-0.15, -0.1) is 0 Å². The molecule has 0 fully saturated rings. The molecule has 1 aliphatic rings. The molecule has 1 amide bonds. The normalized spacial score (nSPS) is 16.5. The third-order valence-electron chi connectivity index (χ3n) is 3.88. The van der Waals surface area contributed by atoms with E-state index in [1.54, 1.807) is 0 Å². The van der Waals surface area contributed by atoms with Crippen LogP contribution in [0.5, 0.6) is 5.75 Å². The summed E-state index contributed by atoms with van der Waals surface area (Å²) in [5.74, 6) is 1.27. The first kappa shape index (κ1) is 14.9. The number of hydrogen-bond acceptors (Lipinski definition) is 2. The van der Waals surface area contributed by atoms with E-state index in [4.69, 9.17) is 16.3 Å². The fraction of sp³-hybridized carbons (Fsp3) is 0.278. The molecule has 4 heteroatoms. The molecule has 2 aromatic carbocycles. The molecule has 1 atom stereocenters. The second-order valence-electron chi connectivity index (χ2n) is 5.48. The van der Waals surface area contributed by atoms with Crippen LogP contribution in [0.1, 0.15) is 23.5 Å². The van der Waals surface area contributed by atoms with Crippen LogP contribution in [0, 0.1) is 0 Å². The lowest BCUT2D eigenvalue weighted by Crippen LogP contribution is -2.31. The van der Waals surface area contributed by atoms with Crippen LogP contribution in [0.25, 0.3) is 0 Å². The predicted octanol–water partition coefficient (Wildman–Crippen LogP) is 3.57. The van der Waals surface area contributed by atoms with E-state index in [1.807, 2.05) is 42.5 Å². The summed E-state index contributed by atoms with van der Waals surface area (Å²) in [4.78, 5) is 12.1. The number of rotatable bonds is 4. The molecule has 3 nitrogen and oxygen atoms in total. The lowest BCUT2D eigenvalue weighted by molar-refractivity contribution is -0.120. The van der Waals surface area contributed by atoms with E-state index < -0.39 is 0 Å². The topological polar surface area (TPSA) is 38.3 Å². The summed E-state index contributed by atoms with van der Waals surface area (Å²) in [6, 6.07) is 15.4. The Hall–Kier alpha value is -2.00. The van der Waals surface area contributed by atoms with Crippen LogP contribution >= 0.6 is 11.6 Å². The van der Waals surface area contributed by atoms with Crippen molar-refractivity contribution in [2.45, 2.75) is 18.8 Å². The lowest BCUT2D eigenvalue weighted by atomic mass is 9.93. The second kappa shape index (κ2) is 6.84. The van der Waals surface area contributed by atoms with Crippen molar-refractivity contribution in [2.24, 2.45) is 0 Å². The SMILES string of the molecule is O=C(Cc1cccc(Cl)c1)NCC1CCOc2ccccc21. The van der Waals surface area contributed by atoms with Crippen molar-refractivity contribution in [2.75, 3.05) is 13.2 Å². The summed E-state index contributed by atoms with van der Waals surface area (Å²) in [6.45, 7) is 1.34. The third kappa shape index (κ3) is 3.60. The van der Waals surface area contributed by atoms with Crippen LogP contribution in [-0.4, -0.2) is 19.1 Å². The van der Waals surface area contributed by atoms with E-state index in [1.165, 1.54) is 5.56 Å². The number of carbonyl (C=O) groups excluding carboxylic acids is 1. The first-order valence-corrected chi connectivity index (χ1v) is 7.83. The fourth-order valence-corrected chi connectivity index (χ4v) is 2.97. The molecule has 2 aromatic rings. The molecular weight excluding hydrogens is 298 g/mol. The Morgan fingerprint density at radius 3 is 2.95 bits per heavy atom. The van der Waals surface area contributed by atoms with Gasteiger partial charge in [0.1, 0.15) is 5.75 Å². The zero-order valence-corrected chi connectivity index (χ0v) is 13.0. The molecule has 0 saturated heterocycles. The zero-order chi connectivity index (χ0) is 15.4. The summed E-state index contributed by atoms with van der Waals surface area (Å²) < 4.78 is 5.64. The van der Waals surface area contributed by atoms with Gasteiger partial charge in [0.25, 0.3) is 0 Å². The van der Waals surface area contributed by atoms with Crippen molar-refractivity contribution in [1.29, 1.82) is 0 Å². The Kier molecular flexibility index (Phi) is 4.64. The predicted molar refractivity (Wildman–Crippen MR) is 87.5 cm³/mol. The molecule has 1 heterocycles. The smallest absolute Gasteiger partial charge is 0.224 e. The Bertz CT molecular complexity index is 672. The molecule has 22 heavy (non-hydrogen) atoms. The number of ether oxygens (including phenoxy) is 1. The summed E-state index contributed by atoms with van der Waals surface area (Å²) >= 11 is 5.94. The van der Waals surface area contributed by atoms with Crippen molar-refractivity contribution < 1.29 is 9.53 Å². The minimum Gasteiger partial charge on any atom is -0.493 e. The highest BCUT2D eigenvalue weighted by Gasteiger charge is 2.21. The molecule has 0 radical (unpaired) electrons. The van der Waals surface area contributed by atoms with Gasteiger partial charge in [0.2, 0.25) is 5.91 Å². The summed E-state index contributed by atoms with van der Waals surface area (Å²) in [7, 11) is 0. The molecule has 0 bridgehead atoms. The van der Waals surface area contributed by atoms with Gasteiger partial charge in [-0.3, -0.25) is 4.79 Å². The molecule has 0 spiro atoms. The highest BCUT2D eigenvalue weighted by Crippen LogP contribution is 2.32. The van der Waals surface area contributed by atoms with Crippen molar-refractivity contribution in [3.63, 3.8) is 0 Å². The van der Waals surface area contributed by atoms with Gasteiger partial charge in [0, 0.05) is 17.5 Å². The third-order valence-corrected chi connectivity index (χ3v) is 4.12. The first-order valence-electron chi connectivity index (χ1n) is 7.45. The van der Waals surface area contributed by atoms with Crippen LogP contribution in [0.4, 0.5) is 0 Å². The number of benzene rings is 2. The fourth-order valence-electron chi connectivity index (χ4n) is 2.76. The van der Waals surface area contributed by atoms with Crippen LogP contribution in [-0.2, 0) is 11.2 Å². The standard InChI is InChI=1S/C18H18ClNO2/c19-15-5-3-4-13(10-15)11-18(21)20-12-14-8-9-22-17-7-2-1-6-16(14)17/h1-7,10,14H,8-9,11-12H2,(H,20,21). The van der Waals surface area contributed by atoms with Crippen molar-refractivity contribution in [3.8, 4) is 5.75 Å². The van der Waals surface area contributed by atoms with Gasteiger partial charge >= 0.3 is 0 Å². The highest BCUT2D eigenvalue weighted by molar-refractivity contribution is 6.30. The Morgan fingerprint density at radius 2 is 2.09 bits per heavy atom. The molecule has 0 aromatic heterocycles. The molecule has 114 valence electrons. The van der Waals surface area contributed by atoms with Crippen molar-refractivity contribution >= 4 is 17.5 Å². The number of hydrogen-bond donors (Lipinski definition) is 1. The van der Waals surface area contributed by atoms with Gasteiger partial charge in [-0.25, -0.2) is 0 Å². The number of amides is 1. The number of nitrogens with one attached hydrogen (secondary N) is 1. The molecule has 1 unspecified atom stereocenters. The van der Waals surface area contributed by atoms with Crippen LogP contribution < -0.4 is 10.1 Å². The van der Waals surface area contributed by atoms with Gasteiger partial charge in [0.15, 0.2) is 0 Å². The maximum atomic E-state index is 12.1. The monoisotopic (exact) mass is 315 g/mol. The Balaban J connectivity index is 1.58. The van der Waals surface area contributed by atoms with E-state index in [-0.39, 0.29) is 5.91 Å². The number of carbonyl (C=O) groups is 1. The van der Waals surface area contributed by atoms with E-state index in [0.29, 0.717) is 30.5 Å². The summed E-state index contributed by atoms with van der Waals surface area (Å²) in [5, 5.41) is 3.68. The zero-order valence-electron chi connectivity index (χ0n) is 12.2. The molecule has 3 rings (SSSR count). The van der Waals surface area contributed by atoms with E-state index in [2.05, 4.69) is 11.4 Å². The molecule has 0 saturated carbocycles. The van der Waals surface area contributed by atoms with Crippen molar-refractivity contribution in [3.05, 3.63) is 64.7 Å². The maximum Gasteiger partial charge on any atom is 0.224 e. The molecule has 1 N–H and O–H groups in total. The van der Waals surface area contributed by atoms with Gasteiger partial charge in [-0.1, -0.05) is 41.9 Å². The van der Waals surface area contributed by atoms with E-state index in [9.17, 15) is 4.79 Å². The quantitative estimate of drug-likeness (QED) is 0.936. The lowest BCUT2D eigenvalue weighted by Gasteiger charge is -2.26. The largest absolute Gasteiger partial charge is 0.493 e. The van der Waals surface area contributed by atoms with Gasteiger partial charge in [-0.05, 0) is 35.7 Å². The number of fused-ring (bicyclic) bond motifs is 1. The second-order valence-corrected chi connectivity index (χ2v) is 5.92. The first-order chi connectivity index (χ1) is 10.7. The average Bonchev–Trinajstić information content (AvgIpc) is 2.53. The van der Waals surface area contributed by atoms with Gasteiger partial charge in [-0.2, -0.15) is 0 Å². The maximum absolute atomic E-state index is 12.1. The summed E-state index contributed by atoms with van der Waals surface area (Å²) in [5.41, 5.74) is 2.11. The average molecular weight is 316 g/mol. The minimum atomic E-state index is 0.0197. The van der Waals surface area contributed by atoms with Gasteiger partial charge < -0.3 is 10.1 Å². The Morgan fingerprint density at radius 1 is 1.23 bits per heavy atom. The van der Waals surface area contributed by atoms with Crippen LogP contribution in [0.2, 0.25) is 5.02 Å². The molecule has 0 aliphatic carbocycles. The van der Waals surface area contributed by atoms with Gasteiger partial charge in [0.05, 0.1) is 13.0 Å². The molecular formula is C18H18ClNO2. The van der Waals surface area contributed by atoms with E-state index >= 15 is 0 Å². The van der Waals surface area contributed by atoms with Crippen molar-refractivity contribution in [1.82, 2.24) is 5.32 Å². The van der Waals surface area contributed by atoms with E-state index in [0.717, 1.165) is 17.7 Å².